The van der Waals surface area contributed by atoms with Crippen molar-refractivity contribution >= 4 is 0 Å². The first kappa shape index (κ1) is 11.2. The molecule has 0 N–H and O–H groups in total. The van der Waals surface area contributed by atoms with Crippen LogP contribution in [0, 0.1) is 11.8 Å². The molecule has 94 valence electrons. The molecule has 17 heavy (non-hydrogen) atoms. The first-order chi connectivity index (χ1) is 8.20. The summed E-state index contributed by atoms with van der Waals surface area (Å²) in [6, 6.07) is 0. The Kier molecular flexibility index (Phi) is 2.90. The molecule has 2 atom stereocenters. The smallest absolute Gasteiger partial charge is 0.240 e. The van der Waals surface area contributed by atoms with Crippen LogP contribution < -0.4 is 0 Å². The Labute approximate surface area is 102 Å². The summed E-state index contributed by atoms with van der Waals surface area (Å²) < 4.78 is 5.34. The van der Waals surface area contributed by atoms with Crippen LogP contribution >= 0.6 is 0 Å². The zero-order valence-corrected chi connectivity index (χ0v) is 10.7. The molecule has 4 heteroatoms. The van der Waals surface area contributed by atoms with E-state index in [4.69, 9.17) is 4.52 Å². The van der Waals surface area contributed by atoms with Gasteiger partial charge in [-0.25, -0.2) is 0 Å². The third-order valence-corrected chi connectivity index (χ3v) is 3.73. The molecule has 1 aromatic rings. The molecular formula is C13H21N3O. The summed E-state index contributed by atoms with van der Waals surface area (Å²) in [6.07, 6.45) is 3.81. The van der Waals surface area contributed by atoms with Crippen LogP contribution in [0.15, 0.2) is 4.52 Å². The summed E-state index contributed by atoms with van der Waals surface area (Å²) in [5.74, 6) is 3.88. The molecule has 0 unspecified atom stereocenters. The molecule has 1 aliphatic carbocycles. The second-order valence-corrected chi connectivity index (χ2v) is 5.96. The maximum absolute atomic E-state index is 5.34. The van der Waals surface area contributed by atoms with E-state index in [0.717, 1.165) is 43.2 Å². The average Bonchev–Trinajstić information content (AvgIpc) is 2.99. The lowest BCUT2D eigenvalue weighted by atomic mass is 9.92. The summed E-state index contributed by atoms with van der Waals surface area (Å²) in [5, 5.41) is 4.07. The van der Waals surface area contributed by atoms with Crippen LogP contribution in [0.5, 0.6) is 0 Å². The molecule has 1 saturated carbocycles. The highest BCUT2D eigenvalue weighted by Crippen LogP contribution is 2.38. The molecule has 3 rings (SSSR count). The summed E-state index contributed by atoms with van der Waals surface area (Å²) in [7, 11) is 0. The molecule has 1 saturated heterocycles. The normalized spacial score (nSPS) is 30.7. The lowest BCUT2D eigenvalue weighted by molar-refractivity contribution is 0.121. The quantitative estimate of drug-likeness (QED) is 0.807. The van der Waals surface area contributed by atoms with Crippen LogP contribution in [0.4, 0.5) is 0 Å². The van der Waals surface area contributed by atoms with Crippen LogP contribution in [0.25, 0.3) is 0 Å². The van der Waals surface area contributed by atoms with E-state index in [1.165, 1.54) is 19.3 Å². The van der Waals surface area contributed by atoms with Crippen molar-refractivity contribution in [2.24, 2.45) is 11.8 Å². The van der Waals surface area contributed by atoms with E-state index in [1.54, 1.807) is 0 Å². The molecule has 2 fully saturated rings. The fourth-order valence-corrected chi connectivity index (χ4v) is 2.95. The second kappa shape index (κ2) is 4.41. The number of likely N-dealkylation sites (tertiary alicyclic amines) is 1. The van der Waals surface area contributed by atoms with Gasteiger partial charge in [0.2, 0.25) is 5.89 Å². The van der Waals surface area contributed by atoms with Crippen LogP contribution in [-0.2, 0) is 6.54 Å². The van der Waals surface area contributed by atoms with Gasteiger partial charge in [0.1, 0.15) is 0 Å². The third-order valence-electron chi connectivity index (χ3n) is 3.73. The first-order valence-corrected chi connectivity index (χ1v) is 6.75. The van der Waals surface area contributed by atoms with Gasteiger partial charge in [-0.2, -0.15) is 4.98 Å². The predicted molar refractivity (Wildman–Crippen MR) is 64.5 cm³/mol. The third kappa shape index (κ3) is 2.68. The van der Waals surface area contributed by atoms with Crippen molar-refractivity contribution in [1.82, 2.24) is 15.0 Å². The number of hydrogen-bond donors (Lipinski definition) is 0. The molecule has 0 aromatic carbocycles. The summed E-state index contributed by atoms with van der Waals surface area (Å²) in [4.78, 5) is 6.94. The van der Waals surface area contributed by atoms with Gasteiger partial charge in [0.25, 0.3) is 0 Å². The number of aromatic nitrogens is 2. The van der Waals surface area contributed by atoms with Crippen molar-refractivity contribution in [1.29, 1.82) is 0 Å². The topological polar surface area (TPSA) is 42.2 Å². The van der Waals surface area contributed by atoms with Gasteiger partial charge < -0.3 is 4.52 Å². The van der Waals surface area contributed by atoms with Crippen LogP contribution in [0.1, 0.15) is 50.7 Å². The van der Waals surface area contributed by atoms with E-state index in [1.807, 2.05) is 0 Å². The van der Waals surface area contributed by atoms with E-state index in [0.29, 0.717) is 5.92 Å². The van der Waals surface area contributed by atoms with E-state index < -0.39 is 0 Å². The maximum atomic E-state index is 5.34. The summed E-state index contributed by atoms with van der Waals surface area (Å²) in [6.45, 7) is 7.80. The Balaban J connectivity index is 1.60. The van der Waals surface area contributed by atoms with Crippen LogP contribution in [0.2, 0.25) is 0 Å². The Hall–Kier alpha value is -0.900. The molecule has 0 spiro atoms. The molecule has 4 nitrogen and oxygen atoms in total. The number of piperidine rings is 1. The van der Waals surface area contributed by atoms with Gasteiger partial charge in [-0.05, 0) is 31.1 Å². The van der Waals surface area contributed by atoms with Gasteiger partial charge in [-0.1, -0.05) is 19.0 Å². The highest BCUT2D eigenvalue weighted by atomic mass is 16.5. The minimum Gasteiger partial charge on any atom is -0.338 e. The fourth-order valence-electron chi connectivity index (χ4n) is 2.95. The van der Waals surface area contributed by atoms with E-state index in [2.05, 4.69) is 28.9 Å². The van der Waals surface area contributed by atoms with E-state index in [-0.39, 0.29) is 0 Å². The molecular weight excluding hydrogens is 214 g/mol. The van der Waals surface area contributed by atoms with Crippen molar-refractivity contribution in [3.63, 3.8) is 0 Å². The van der Waals surface area contributed by atoms with Crippen molar-refractivity contribution in [2.75, 3.05) is 13.1 Å². The van der Waals surface area contributed by atoms with Gasteiger partial charge in [0.05, 0.1) is 6.54 Å². The molecule has 2 aliphatic rings. The molecule has 2 heterocycles. The monoisotopic (exact) mass is 235 g/mol. The minimum atomic E-state index is 0.590. The lowest BCUT2D eigenvalue weighted by Crippen LogP contribution is -2.38. The maximum Gasteiger partial charge on any atom is 0.240 e. The molecule has 0 amide bonds. The Morgan fingerprint density at radius 3 is 2.59 bits per heavy atom. The zero-order chi connectivity index (χ0) is 11.8. The highest BCUT2D eigenvalue weighted by molar-refractivity contribution is 5.03. The Bertz CT molecular complexity index is 376. The Morgan fingerprint density at radius 1 is 1.24 bits per heavy atom. The largest absolute Gasteiger partial charge is 0.338 e. The first-order valence-electron chi connectivity index (χ1n) is 6.75. The Morgan fingerprint density at radius 2 is 1.94 bits per heavy atom. The number of hydrogen-bond acceptors (Lipinski definition) is 4. The van der Waals surface area contributed by atoms with Crippen molar-refractivity contribution in [2.45, 2.75) is 45.6 Å². The van der Waals surface area contributed by atoms with Gasteiger partial charge in [0, 0.05) is 19.0 Å². The van der Waals surface area contributed by atoms with Crippen LogP contribution in [-0.4, -0.2) is 28.1 Å². The minimum absolute atomic E-state index is 0.590. The fraction of sp³-hybridized carbons (Fsp3) is 0.846. The second-order valence-electron chi connectivity index (χ2n) is 5.96. The average molecular weight is 235 g/mol. The number of rotatable bonds is 3. The van der Waals surface area contributed by atoms with Gasteiger partial charge >= 0.3 is 0 Å². The van der Waals surface area contributed by atoms with Crippen molar-refractivity contribution in [3.05, 3.63) is 11.7 Å². The predicted octanol–water partition coefficient (Wildman–Crippen LogP) is 2.42. The van der Waals surface area contributed by atoms with Crippen molar-refractivity contribution < 1.29 is 4.52 Å². The molecule has 0 radical (unpaired) electrons. The van der Waals surface area contributed by atoms with Gasteiger partial charge in [0.15, 0.2) is 5.82 Å². The summed E-state index contributed by atoms with van der Waals surface area (Å²) in [5.41, 5.74) is 0. The molecule has 1 aromatic heterocycles. The van der Waals surface area contributed by atoms with E-state index >= 15 is 0 Å². The van der Waals surface area contributed by atoms with Gasteiger partial charge in [-0.3, -0.25) is 4.90 Å². The van der Waals surface area contributed by atoms with Crippen molar-refractivity contribution in [3.8, 4) is 0 Å². The van der Waals surface area contributed by atoms with E-state index in [9.17, 15) is 0 Å². The molecule has 0 bridgehead atoms. The zero-order valence-electron chi connectivity index (χ0n) is 10.7. The van der Waals surface area contributed by atoms with Crippen LogP contribution in [0.3, 0.4) is 0 Å². The highest BCUT2D eigenvalue weighted by Gasteiger charge is 2.29. The summed E-state index contributed by atoms with van der Waals surface area (Å²) >= 11 is 0. The number of nitrogens with zero attached hydrogens (tertiary/aromatic N) is 3. The molecule has 1 aliphatic heterocycles. The standard InChI is InChI=1S/C13H21N3O/c1-9-5-10(2)7-16(6-9)8-12-14-13(15-17-12)11-3-4-11/h9-11H,3-8H2,1-2H3/t9-,10-/m1/s1. The SMILES string of the molecule is C[C@@H]1C[C@@H](C)CN(Cc2nc(C3CC3)no2)C1. The lowest BCUT2D eigenvalue weighted by Gasteiger charge is -2.33. The van der Waals surface area contributed by atoms with Gasteiger partial charge in [-0.15, -0.1) is 0 Å².